The Morgan fingerprint density at radius 2 is 1.94 bits per heavy atom. The largest absolute Gasteiger partial charge is 0.468 e. The monoisotopic (exact) mass is 229 g/mol. The number of rotatable bonds is 8. The average Bonchev–Trinajstić information content (AvgIpc) is 2.22. The van der Waals surface area contributed by atoms with E-state index in [-0.39, 0.29) is 17.6 Å². The summed E-state index contributed by atoms with van der Waals surface area (Å²) < 4.78 is 4.83. The van der Waals surface area contributed by atoms with Gasteiger partial charge in [0.25, 0.3) is 0 Å². The van der Waals surface area contributed by atoms with Crippen LogP contribution in [0.2, 0.25) is 0 Å². The molecule has 0 saturated carbocycles. The molecule has 3 heteroatoms. The van der Waals surface area contributed by atoms with Crippen molar-refractivity contribution in [3.8, 4) is 0 Å². The number of ether oxygens (including phenoxy) is 1. The molecule has 0 aromatic rings. The lowest BCUT2D eigenvalue weighted by atomic mass is 9.96. The number of hydrogen-bond acceptors (Lipinski definition) is 3. The summed E-state index contributed by atoms with van der Waals surface area (Å²) in [6.45, 7) is 8.56. The van der Waals surface area contributed by atoms with Crippen LogP contribution in [-0.4, -0.2) is 24.7 Å². The lowest BCUT2D eigenvalue weighted by Gasteiger charge is -2.30. The minimum absolute atomic E-state index is 0.00134. The van der Waals surface area contributed by atoms with Crippen LogP contribution in [-0.2, 0) is 9.53 Å². The van der Waals surface area contributed by atoms with Gasteiger partial charge in [-0.2, -0.15) is 0 Å². The standard InChI is InChI=1S/C13H27NO2/c1-6-8-9-11(12(15)16-5)14-13(3,4)10-7-2/h11,14H,6-10H2,1-5H3. The van der Waals surface area contributed by atoms with Crippen molar-refractivity contribution >= 4 is 5.97 Å². The van der Waals surface area contributed by atoms with Crippen LogP contribution in [0.15, 0.2) is 0 Å². The first kappa shape index (κ1) is 15.4. The number of nitrogens with one attached hydrogen (secondary N) is 1. The van der Waals surface area contributed by atoms with Gasteiger partial charge in [0.1, 0.15) is 6.04 Å². The van der Waals surface area contributed by atoms with Gasteiger partial charge in [0, 0.05) is 5.54 Å². The van der Waals surface area contributed by atoms with E-state index < -0.39 is 0 Å². The van der Waals surface area contributed by atoms with E-state index in [0.717, 1.165) is 32.1 Å². The minimum atomic E-state index is -0.161. The molecule has 1 atom stereocenters. The Kier molecular flexibility index (Phi) is 7.39. The summed E-state index contributed by atoms with van der Waals surface area (Å²) in [7, 11) is 1.45. The van der Waals surface area contributed by atoms with Crippen molar-refractivity contribution in [3.63, 3.8) is 0 Å². The van der Waals surface area contributed by atoms with Gasteiger partial charge in [-0.1, -0.05) is 33.1 Å². The summed E-state index contributed by atoms with van der Waals surface area (Å²) in [6, 6.07) is -0.161. The van der Waals surface area contributed by atoms with Crippen molar-refractivity contribution in [2.45, 2.75) is 71.4 Å². The maximum Gasteiger partial charge on any atom is 0.322 e. The van der Waals surface area contributed by atoms with Crippen LogP contribution in [0.3, 0.4) is 0 Å². The summed E-state index contributed by atoms with van der Waals surface area (Å²) >= 11 is 0. The summed E-state index contributed by atoms with van der Waals surface area (Å²) in [5, 5.41) is 3.41. The van der Waals surface area contributed by atoms with E-state index in [1.165, 1.54) is 7.11 Å². The van der Waals surface area contributed by atoms with E-state index in [0.29, 0.717) is 0 Å². The van der Waals surface area contributed by atoms with Crippen molar-refractivity contribution in [1.29, 1.82) is 0 Å². The smallest absolute Gasteiger partial charge is 0.322 e. The van der Waals surface area contributed by atoms with E-state index in [9.17, 15) is 4.79 Å². The van der Waals surface area contributed by atoms with Gasteiger partial charge in [-0.05, 0) is 26.7 Å². The van der Waals surface area contributed by atoms with Gasteiger partial charge < -0.3 is 4.74 Å². The first-order valence-electron chi connectivity index (χ1n) is 6.32. The van der Waals surface area contributed by atoms with Crippen LogP contribution in [0, 0.1) is 0 Å². The third-order valence-electron chi connectivity index (χ3n) is 2.77. The number of carbonyl (C=O) groups excluding carboxylic acids is 1. The molecule has 0 rings (SSSR count). The summed E-state index contributed by atoms with van der Waals surface area (Å²) in [6.07, 6.45) is 5.18. The van der Waals surface area contributed by atoms with Crippen molar-refractivity contribution in [3.05, 3.63) is 0 Å². The van der Waals surface area contributed by atoms with Gasteiger partial charge in [-0.25, -0.2) is 0 Å². The van der Waals surface area contributed by atoms with E-state index in [2.05, 4.69) is 33.0 Å². The molecule has 0 radical (unpaired) electrons. The minimum Gasteiger partial charge on any atom is -0.468 e. The zero-order valence-electron chi connectivity index (χ0n) is 11.4. The molecule has 0 aliphatic carbocycles. The molecule has 1 unspecified atom stereocenters. The van der Waals surface area contributed by atoms with Crippen molar-refractivity contribution in [1.82, 2.24) is 5.32 Å². The molecular weight excluding hydrogens is 202 g/mol. The molecule has 96 valence electrons. The van der Waals surface area contributed by atoms with Gasteiger partial charge >= 0.3 is 5.97 Å². The predicted molar refractivity (Wildman–Crippen MR) is 67.5 cm³/mol. The van der Waals surface area contributed by atoms with Crippen LogP contribution in [0.5, 0.6) is 0 Å². The van der Waals surface area contributed by atoms with E-state index >= 15 is 0 Å². The molecule has 0 aliphatic rings. The molecule has 1 N–H and O–H groups in total. The second-order valence-corrected chi connectivity index (χ2v) is 5.00. The van der Waals surface area contributed by atoms with Crippen LogP contribution in [0.4, 0.5) is 0 Å². The number of carbonyl (C=O) groups is 1. The molecule has 0 fully saturated rings. The fraction of sp³-hybridized carbons (Fsp3) is 0.923. The Morgan fingerprint density at radius 1 is 1.31 bits per heavy atom. The maximum atomic E-state index is 11.6. The second-order valence-electron chi connectivity index (χ2n) is 5.00. The Morgan fingerprint density at radius 3 is 2.38 bits per heavy atom. The summed E-state index contributed by atoms with van der Waals surface area (Å²) in [5.41, 5.74) is 0.00134. The highest BCUT2D eigenvalue weighted by Gasteiger charge is 2.26. The normalized spacial score (nSPS) is 13.6. The molecule has 16 heavy (non-hydrogen) atoms. The zero-order chi connectivity index (χ0) is 12.6. The Hall–Kier alpha value is -0.570. The van der Waals surface area contributed by atoms with Crippen molar-refractivity contribution in [2.75, 3.05) is 7.11 Å². The van der Waals surface area contributed by atoms with Crippen molar-refractivity contribution < 1.29 is 9.53 Å². The van der Waals surface area contributed by atoms with Gasteiger partial charge in [-0.15, -0.1) is 0 Å². The molecular formula is C13H27NO2. The first-order chi connectivity index (χ1) is 7.46. The highest BCUT2D eigenvalue weighted by Crippen LogP contribution is 2.14. The molecule has 0 bridgehead atoms. The topological polar surface area (TPSA) is 38.3 Å². The summed E-state index contributed by atoms with van der Waals surface area (Å²) in [4.78, 5) is 11.6. The molecule has 0 aromatic carbocycles. The average molecular weight is 229 g/mol. The Balaban J connectivity index is 4.34. The van der Waals surface area contributed by atoms with E-state index in [4.69, 9.17) is 4.74 Å². The fourth-order valence-corrected chi connectivity index (χ4v) is 1.97. The zero-order valence-corrected chi connectivity index (χ0v) is 11.4. The molecule has 3 nitrogen and oxygen atoms in total. The molecule has 0 aliphatic heterocycles. The number of methoxy groups -OCH3 is 1. The predicted octanol–water partition coefficient (Wildman–Crippen LogP) is 2.89. The van der Waals surface area contributed by atoms with Gasteiger partial charge in [0.15, 0.2) is 0 Å². The number of esters is 1. The van der Waals surface area contributed by atoms with Crippen LogP contribution in [0.1, 0.15) is 59.8 Å². The highest BCUT2D eigenvalue weighted by atomic mass is 16.5. The first-order valence-corrected chi connectivity index (χ1v) is 6.32. The van der Waals surface area contributed by atoms with Gasteiger partial charge in [0.05, 0.1) is 7.11 Å². The van der Waals surface area contributed by atoms with E-state index in [1.807, 2.05) is 0 Å². The molecule has 0 saturated heterocycles. The van der Waals surface area contributed by atoms with Crippen LogP contribution >= 0.6 is 0 Å². The molecule has 0 amide bonds. The van der Waals surface area contributed by atoms with Crippen molar-refractivity contribution in [2.24, 2.45) is 0 Å². The molecule has 0 spiro atoms. The second kappa shape index (κ2) is 7.66. The lowest BCUT2D eigenvalue weighted by Crippen LogP contribution is -2.49. The van der Waals surface area contributed by atoms with Gasteiger partial charge in [-0.3, -0.25) is 10.1 Å². The number of unbranched alkanes of at least 4 members (excludes halogenated alkanes) is 1. The van der Waals surface area contributed by atoms with E-state index in [1.54, 1.807) is 0 Å². The van der Waals surface area contributed by atoms with Crippen LogP contribution < -0.4 is 5.32 Å². The Bertz CT molecular complexity index is 202. The van der Waals surface area contributed by atoms with Crippen LogP contribution in [0.25, 0.3) is 0 Å². The Labute approximate surface area is 99.9 Å². The third kappa shape index (κ3) is 6.11. The quantitative estimate of drug-likeness (QED) is 0.650. The molecule has 0 heterocycles. The van der Waals surface area contributed by atoms with Gasteiger partial charge in [0.2, 0.25) is 0 Å². The lowest BCUT2D eigenvalue weighted by molar-refractivity contribution is -0.144. The summed E-state index contributed by atoms with van der Waals surface area (Å²) in [5.74, 6) is -0.141. The maximum absolute atomic E-state index is 11.6. The highest BCUT2D eigenvalue weighted by molar-refractivity contribution is 5.75. The molecule has 0 aromatic heterocycles. The third-order valence-corrected chi connectivity index (χ3v) is 2.77. The fourth-order valence-electron chi connectivity index (χ4n) is 1.97. The SMILES string of the molecule is CCCCC(NC(C)(C)CCC)C(=O)OC. The number of hydrogen-bond donors (Lipinski definition) is 1.